The van der Waals surface area contributed by atoms with Gasteiger partial charge in [-0.15, -0.1) is 5.10 Å². The zero-order valence-corrected chi connectivity index (χ0v) is 16.6. The van der Waals surface area contributed by atoms with Crippen molar-refractivity contribution in [2.75, 3.05) is 29.1 Å². The van der Waals surface area contributed by atoms with Crippen molar-refractivity contribution >= 4 is 40.4 Å². The number of rotatable bonds is 8. The zero-order valence-electron chi connectivity index (χ0n) is 15.9. The Morgan fingerprint density at radius 3 is 2.73 bits per heavy atom. The van der Waals surface area contributed by atoms with Gasteiger partial charge in [0.1, 0.15) is 6.07 Å². The standard InChI is InChI=1S/C19H18ClN9O/c20-16-14(23-4-1-5-30)6-11(8-21)7-15(16)26-19-27-17(25-12-2-3-12)18-24-10-13(9-22)29(18)28-19/h6-7,10,12,23,30H,1-5H2,(H2,25,26,27,28). The molecule has 1 saturated carbocycles. The number of benzene rings is 1. The van der Waals surface area contributed by atoms with Gasteiger partial charge in [-0.05, 0) is 31.4 Å². The largest absolute Gasteiger partial charge is 0.396 e. The number of aromatic nitrogens is 4. The van der Waals surface area contributed by atoms with E-state index in [-0.39, 0.29) is 18.2 Å². The van der Waals surface area contributed by atoms with Crippen LogP contribution in [-0.4, -0.2) is 43.9 Å². The summed E-state index contributed by atoms with van der Waals surface area (Å²) in [6.07, 6.45) is 4.08. The predicted molar refractivity (Wildman–Crippen MR) is 112 cm³/mol. The second-order valence-electron chi connectivity index (χ2n) is 6.82. The van der Waals surface area contributed by atoms with E-state index in [1.54, 1.807) is 12.1 Å². The number of imidazole rings is 1. The lowest BCUT2D eigenvalue weighted by Crippen LogP contribution is -2.11. The Balaban J connectivity index is 1.72. The van der Waals surface area contributed by atoms with Gasteiger partial charge in [0.05, 0.1) is 34.2 Å². The van der Waals surface area contributed by atoms with Crippen LogP contribution in [0.1, 0.15) is 30.5 Å². The molecule has 0 amide bonds. The number of nitriles is 2. The molecule has 1 aromatic carbocycles. The molecule has 2 heterocycles. The summed E-state index contributed by atoms with van der Waals surface area (Å²) < 4.78 is 1.42. The molecule has 30 heavy (non-hydrogen) atoms. The van der Waals surface area contributed by atoms with E-state index in [1.165, 1.54) is 10.7 Å². The van der Waals surface area contributed by atoms with Gasteiger partial charge in [0, 0.05) is 19.2 Å². The van der Waals surface area contributed by atoms with Crippen molar-refractivity contribution in [2.24, 2.45) is 0 Å². The van der Waals surface area contributed by atoms with Crippen molar-refractivity contribution in [3.05, 3.63) is 34.6 Å². The minimum Gasteiger partial charge on any atom is -0.396 e. The lowest BCUT2D eigenvalue weighted by atomic mass is 10.2. The lowest BCUT2D eigenvalue weighted by Gasteiger charge is -2.14. The van der Waals surface area contributed by atoms with Crippen LogP contribution in [0.4, 0.5) is 23.1 Å². The van der Waals surface area contributed by atoms with Gasteiger partial charge in [0.25, 0.3) is 0 Å². The van der Waals surface area contributed by atoms with Gasteiger partial charge in [-0.3, -0.25) is 0 Å². The molecule has 4 rings (SSSR count). The van der Waals surface area contributed by atoms with Crippen molar-refractivity contribution in [1.29, 1.82) is 10.5 Å². The first-order valence-electron chi connectivity index (χ1n) is 9.40. The smallest absolute Gasteiger partial charge is 0.247 e. The minimum atomic E-state index is 0.0461. The molecule has 0 aliphatic heterocycles. The van der Waals surface area contributed by atoms with Crippen LogP contribution in [0.25, 0.3) is 5.65 Å². The maximum Gasteiger partial charge on any atom is 0.247 e. The molecule has 1 aliphatic rings. The number of hydrogen-bond acceptors (Lipinski definition) is 9. The third-order valence-electron chi connectivity index (χ3n) is 4.49. The van der Waals surface area contributed by atoms with Crippen molar-refractivity contribution in [3.63, 3.8) is 0 Å². The van der Waals surface area contributed by atoms with Crippen LogP contribution in [0.2, 0.25) is 5.02 Å². The van der Waals surface area contributed by atoms with E-state index in [1.807, 2.05) is 0 Å². The van der Waals surface area contributed by atoms with Crippen molar-refractivity contribution in [1.82, 2.24) is 19.6 Å². The molecule has 1 aliphatic carbocycles. The second kappa shape index (κ2) is 8.41. The number of hydrogen-bond donors (Lipinski definition) is 4. The van der Waals surface area contributed by atoms with Gasteiger partial charge in [0.2, 0.25) is 5.95 Å². The van der Waals surface area contributed by atoms with E-state index < -0.39 is 0 Å². The van der Waals surface area contributed by atoms with Crippen molar-refractivity contribution in [3.8, 4) is 12.1 Å². The summed E-state index contributed by atoms with van der Waals surface area (Å²) in [7, 11) is 0. The molecular weight excluding hydrogens is 406 g/mol. The minimum absolute atomic E-state index is 0.0461. The number of aliphatic hydroxyl groups excluding tert-OH is 1. The number of halogens is 1. The summed E-state index contributed by atoms with van der Waals surface area (Å²) in [5, 5.41) is 41.9. The normalized spacial score (nSPS) is 12.9. The van der Waals surface area contributed by atoms with E-state index >= 15 is 0 Å². The first kappa shape index (κ1) is 19.7. The van der Waals surface area contributed by atoms with Gasteiger partial charge in [0.15, 0.2) is 17.2 Å². The Morgan fingerprint density at radius 1 is 1.23 bits per heavy atom. The summed E-state index contributed by atoms with van der Waals surface area (Å²) in [5.74, 6) is 0.726. The monoisotopic (exact) mass is 423 g/mol. The molecule has 0 atom stereocenters. The Kier molecular flexibility index (Phi) is 5.53. The van der Waals surface area contributed by atoms with Gasteiger partial charge >= 0.3 is 0 Å². The fraction of sp³-hybridized carbons (Fsp3) is 0.316. The van der Waals surface area contributed by atoms with Gasteiger partial charge in [-0.2, -0.15) is 20.0 Å². The molecule has 2 aromatic heterocycles. The summed E-state index contributed by atoms with van der Waals surface area (Å²) >= 11 is 6.52. The zero-order chi connectivity index (χ0) is 21.1. The van der Waals surface area contributed by atoms with Gasteiger partial charge in [-0.25, -0.2) is 4.98 Å². The first-order valence-corrected chi connectivity index (χ1v) is 9.78. The number of fused-ring (bicyclic) bond motifs is 1. The number of nitrogens with one attached hydrogen (secondary N) is 3. The number of anilines is 4. The summed E-state index contributed by atoms with van der Waals surface area (Å²) in [6.45, 7) is 0.549. The van der Waals surface area contributed by atoms with E-state index in [0.717, 1.165) is 12.8 Å². The van der Waals surface area contributed by atoms with Gasteiger partial charge < -0.3 is 21.1 Å². The highest BCUT2D eigenvalue weighted by molar-refractivity contribution is 6.36. The van der Waals surface area contributed by atoms with Crippen LogP contribution in [0.15, 0.2) is 18.3 Å². The molecule has 11 heteroatoms. The Hall–Kier alpha value is -3.60. The molecule has 1 fully saturated rings. The highest BCUT2D eigenvalue weighted by atomic mass is 35.5. The predicted octanol–water partition coefficient (Wildman–Crippen LogP) is 2.63. The average molecular weight is 424 g/mol. The van der Waals surface area contributed by atoms with E-state index in [4.69, 9.17) is 16.7 Å². The lowest BCUT2D eigenvalue weighted by molar-refractivity contribution is 0.292. The van der Waals surface area contributed by atoms with Crippen LogP contribution in [-0.2, 0) is 0 Å². The molecule has 0 radical (unpaired) electrons. The molecule has 10 nitrogen and oxygen atoms in total. The number of nitrogens with zero attached hydrogens (tertiary/aromatic N) is 6. The Morgan fingerprint density at radius 2 is 2.03 bits per heavy atom. The molecule has 152 valence electrons. The van der Waals surface area contributed by atoms with Crippen molar-refractivity contribution < 1.29 is 5.11 Å². The van der Waals surface area contributed by atoms with Crippen LogP contribution in [0.5, 0.6) is 0 Å². The maximum atomic E-state index is 9.37. The van der Waals surface area contributed by atoms with E-state index in [9.17, 15) is 10.5 Å². The third-order valence-corrected chi connectivity index (χ3v) is 4.90. The molecule has 4 N–H and O–H groups in total. The van der Waals surface area contributed by atoms with Crippen LogP contribution in [0, 0.1) is 22.7 Å². The first-order chi connectivity index (χ1) is 14.6. The molecule has 0 unspecified atom stereocenters. The number of aliphatic hydroxyl groups is 1. The highest BCUT2D eigenvalue weighted by Gasteiger charge is 2.24. The van der Waals surface area contributed by atoms with Crippen LogP contribution < -0.4 is 16.0 Å². The van der Waals surface area contributed by atoms with Crippen molar-refractivity contribution in [2.45, 2.75) is 25.3 Å². The molecule has 0 saturated heterocycles. The average Bonchev–Trinajstić information content (AvgIpc) is 3.47. The van der Waals surface area contributed by atoms with Gasteiger partial charge in [-0.1, -0.05) is 11.6 Å². The Labute approximate surface area is 177 Å². The summed E-state index contributed by atoms with van der Waals surface area (Å²) in [5.41, 5.74) is 2.14. The van der Waals surface area contributed by atoms with Crippen LogP contribution >= 0.6 is 11.6 Å². The molecule has 0 bridgehead atoms. The fourth-order valence-electron chi connectivity index (χ4n) is 2.86. The SMILES string of the molecule is N#Cc1cc(NCCCO)c(Cl)c(Nc2nc(NC3CC3)c3ncc(C#N)n3n2)c1. The van der Waals surface area contributed by atoms with Crippen LogP contribution in [0.3, 0.4) is 0 Å². The summed E-state index contributed by atoms with van der Waals surface area (Å²) in [4.78, 5) is 8.75. The maximum absolute atomic E-state index is 9.37. The van der Waals surface area contributed by atoms with E-state index in [0.29, 0.717) is 52.4 Å². The molecular formula is C19H18ClN9O. The van der Waals surface area contributed by atoms with E-state index in [2.05, 4.69) is 43.2 Å². The second-order valence-corrected chi connectivity index (χ2v) is 7.20. The fourth-order valence-corrected chi connectivity index (χ4v) is 3.08. The molecule has 3 aromatic rings. The topological polar surface area (TPSA) is 147 Å². The quantitative estimate of drug-likeness (QED) is 0.401. The highest BCUT2D eigenvalue weighted by Crippen LogP contribution is 2.34. The third kappa shape index (κ3) is 4.06. The Bertz CT molecular complexity index is 1170. The molecule has 0 spiro atoms. The summed E-state index contributed by atoms with van der Waals surface area (Å²) in [6, 6.07) is 7.72.